The number of piperazine rings is 2. The molecule has 8 aliphatic carbocycles. The molecular weight excluding hydrogens is 1580 g/mol. The van der Waals surface area contributed by atoms with Crippen molar-refractivity contribution in [2.24, 2.45) is 27.6 Å². The molecule has 4 bridgehead atoms. The fourth-order valence-corrected chi connectivity index (χ4v) is 26.3. The van der Waals surface area contributed by atoms with Gasteiger partial charge in [-0.05, 0) is 304 Å². The lowest BCUT2D eigenvalue weighted by Gasteiger charge is -2.70. The second kappa shape index (κ2) is 36.2. The summed E-state index contributed by atoms with van der Waals surface area (Å²) in [5, 5.41) is 7.47. The van der Waals surface area contributed by atoms with Crippen LogP contribution in [0.4, 0.5) is 22.7 Å². The van der Waals surface area contributed by atoms with E-state index in [1.807, 2.05) is 85.9 Å². The number of sulfonamides is 2. The Morgan fingerprint density at radius 3 is 1.21 bits per heavy atom. The zero-order chi connectivity index (χ0) is 82.0. The lowest BCUT2D eigenvalue weighted by molar-refractivity contribution is -0.0512. The van der Waals surface area contributed by atoms with Gasteiger partial charge in [0.1, 0.15) is 0 Å². The highest BCUT2D eigenvalue weighted by molar-refractivity contribution is 7.99. The minimum absolute atomic E-state index is 0.0768. The second-order valence-corrected chi connectivity index (χ2v) is 45.3. The van der Waals surface area contributed by atoms with Gasteiger partial charge in [-0.2, -0.15) is 0 Å². The van der Waals surface area contributed by atoms with E-state index in [-0.39, 0.29) is 31.6 Å². The van der Waals surface area contributed by atoms with Crippen molar-refractivity contribution >= 4 is 101 Å². The normalized spacial score (nSPS) is 25.5. The van der Waals surface area contributed by atoms with Crippen LogP contribution in [-0.4, -0.2) is 186 Å². The predicted molar refractivity (Wildman–Crippen MR) is 484 cm³/mol. The minimum atomic E-state index is -4.08. The SMILES string of the molecule is Cc1cc(S(=O)(=O)NC(=O)c2ccc(N3CCN(CC4=C(C56CC(Cl)(C5)C6)CCC(C)(C)C4)CC3)cc2)ccc1N[C@H](CCN1CCC(C)CC1)CSc1ccccc1.Cc1cc(S(=O)(=O)NC(=O)c2ccc(N3CCN(CC4=C(C56CC(Cl)(C5)C6)CCC(C)(C)C4)CC3)cc2)ccc1N[C@H](CCN1CCCCC1)CSc1ccccc1. The Hall–Kier alpha value is -6.04. The standard InChI is InChI=1S/C48H64ClN5O3S2.C47H62ClN5O3S2/c1-35-17-21-52(22-18-35)23-19-39(31-58-41-8-6-5-7-9-41)50-44-15-14-42(28-36(44)2)59(56,57)51-45(55)37-10-12-40(13-11-37)54-26-24-53(25-27-54)30-38-29-46(3,4)20-16-43(38)47-32-48(49,33-47)34-47;1-35-28-41(16-17-43(35)49-38(19-23-51-21-8-5-9-22-51)31-57-40-10-6-4-7-11-40)58(55,56)50-44(54)36-12-14-39(15-13-36)53-26-24-52(25-27-53)30-37-29-45(2,3)20-18-42(37)46-32-47(48,33-46)34-46/h5-15,28,35,39,50H,16-27,29-34H2,1-4H3,(H,51,55);4,6-7,10-17,28,38,49H,5,8-9,18-27,29-34H2,1-3H3,(H,50,54)/t39-,47?,48?;38-,46?,47?/m11/s1. The van der Waals surface area contributed by atoms with Crippen LogP contribution in [0.25, 0.3) is 0 Å². The van der Waals surface area contributed by atoms with Crippen LogP contribution in [0.1, 0.15) is 188 Å². The number of thioether (sulfide) groups is 2. The number of hydrogen-bond donors (Lipinski definition) is 4. The second-order valence-electron chi connectivity index (χ2n) is 38.1. The van der Waals surface area contributed by atoms with E-state index >= 15 is 0 Å². The topological polar surface area (TPSA) is 170 Å². The third kappa shape index (κ3) is 21.2. The van der Waals surface area contributed by atoms with Crippen LogP contribution in [0, 0.1) is 41.4 Å². The first-order valence-corrected chi connectivity index (χ1v) is 49.3. The van der Waals surface area contributed by atoms with Crippen LogP contribution >= 0.6 is 46.7 Å². The summed E-state index contributed by atoms with van der Waals surface area (Å²) in [6.45, 7) is 32.3. The number of hydrogen-bond acceptors (Lipinski definition) is 16. The fourth-order valence-electron chi connectivity index (χ4n) is 20.7. The Labute approximate surface area is 717 Å². The van der Waals surface area contributed by atoms with E-state index in [0.29, 0.717) is 32.8 Å². The molecule has 0 spiro atoms. The Morgan fingerprint density at radius 2 is 0.846 bits per heavy atom. The average molecular weight is 1700 g/mol. The summed E-state index contributed by atoms with van der Waals surface area (Å²) in [6.07, 6.45) is 22.8. The van der Waals surface area contributed by atoms with Crippen molar-refractivity contribution in [1.82, 2.24) is 29.0 Å². The van der Waals surface area contributed by atoms with E-state index in [9.17, 15) is 26.4 Å². The number of nitrogens with zero attached hydrogens (tertiary/aromatic N) is 6. The van der Waals surface area contributed by atoms with Crippen LogP contribution in [0.2, 0.25) is 0 Å². The smallest absolute Gasteiger partial charge is 0.264 e. The zero-order valence-corrected chi connectivity index (χ0v) is 75.1. The number of carbonyl (C=O) groups excluding carboxylic acids is 2. The number of carbonyl (C=O) groups is 2. The van der Waals surface area contributed by atoms with Crippen molar-refractivity contribution in [3.8, 4) is 0 Å². The molecule has 2 atom stereocenters. The maximum Gasteiger partial charge on any atom is 0.264 e. The third-order valence-electron chi connectivity index (χ3n) is 27.6. The number of benzene rings is 6. The number of amides is 2. The van der Waals surface area contributed by atoms with Crippen LogP contribution in [0.15, 0.2) is 187 Å². The van der Waals surface area contributed by atoms with Gasteiger partial charge >= 0.3 is 0 Å². The molecule has 0 radical (unpaired) electrons. The molecule has 0 aromatic heterocycles. The highest BCUT2D eigenvalue weighted by Crippen LogP contribution is 2.76. The number of nitrogens with one attached hydrogen (secondary N) is 4. The van der Waals surface area contributed by atoms with E-state index in [2.05, 4.69) is 133 Å². The molecule has 6 saturated carbocycles. The van der Waals surface area contributed by atoms with Gasteiger partial charge in [0.05, 0.1) is 9.79 Å². The first-order valence-electron chi connectivity index (χ1n) is 43.6. The summed E-state index contributed by atoms with van der Waals surface area (Å²) in [5.74, 6) is 1.33. The van der Waals surface area contributed by atoms with E-state index in [1.165, 1.54) is 119 Å². The maximum atomic E-state index is 13.5. The summed E-state index contributed by atoms with van der Waals surface area (Å²) in [7, 11) is -8.16. The molecule has 6 aromatic carbocycles. The molecule has 0 unspecified atom stereocenters. The van der Waals surface area contributed by atoms with Crippen LogP contribution in [0.5, 0.6) is 0 Å². The molecule has 12 aliphatic rings. The fraction of sp³-hybridized carbons (Fsp3) is 0.558. The Balaban J connectivity index is 0.000000183. The van der Waals surface area contributed by atoms with Gasteiger partial charge in [0.15, 0.2) is 0 Å². The monoisotopic (exact) mass is 1700 g/mol. The van der Waals surface area contributed by atoms with E-state index in [0.717, 1.165) is 169 Å². The predicted octanol–water partition coefficient (Wildman–Crippen LogP) is 19.0. The summed E-state index contributed by atoms with van der Waals surface area (Å²) >= 11 is 17.1. The third-order valence-corrected chi connectivity index (χ3v) is 33.4. The molecule has 4 saturated heterocycles. The summed E-state index contributed by atoms with van der Waals surface area (Å²) < 4.78 is 58.7. The molecule has 22 heteroatoms. The summed E-state index contributed by atoms with van der Waals surface area (Å²) in [6, 6.07) is 46.2. The van der Waals surface area contributed by atoms with Crippen molar-refractivity contribution in [3.63, 3.8) is 0 Å². The van der Waals surface area contributed by atoms with Gasteiger partial charge in [-0.1, -0.05) is 99.7 Å². The Kier molecular flexibility index (Phi) is 26.6. The molecule has 4 N–H and O–H groups in total. The van der Waals surface area contributed by atoms with Gasteiger partial charge < -0.3 is 30.2 Å². The highest BCUT2D eigenvalue weighted by atomic mass is 35.5. The zero-order valence-electron chi connectivity index (χ0n) is 70.3. The molecular formula is C95H126Cl2N10O6S4. The lowest BCUT2D eigenvalue weighted by atomic mass is 9.39. The molecule has 4 aliphatic heterocycles. The molecule has 117 heavy (non-hydrogen) atoms. The number of aryl methyl sites for hydroxylation is 2. The van der Waals surface area contributed by atoms with Crippen LogP contribution < -0.4 is 29.9 Å². The number of allylic oxidation sites excluding steroid dienone is 2. The largest absolute Gasteiger partial charge is 0.381 e. The number of rotatable bonds is 30. The molecule has 18 rings (SSSR count). The molecule has 16 nitrogen and oxygen atoms in total. The van der Waals surface area contributed by atoms with Crippen molar-refractivity contribution < 1.29 is 26.4 Å². The molecule has 630 valence electrons. The van der Waals surface area contributed by atoms with Crippen molar-refractivity contribution in [2.45, 2.75) is 212 Å². The van der Waals surface area contributed by atoms with Crippen LogP contribution in [-0.2, 0) is 20.0 Å². The van der Waals surface area contributed by atoms with E-state index < -0.39 is 31.9 Å². The van der Waals surface area contributed by atoms with Gasteiger partial charge in [-0.3, -0.25) is 19.4 Å². The van der Waals surface area contributed by atoms with Gasteiger partial charge in [0, 0.05) is 156 Å². The molecule has 10 fully saturated rings. The Bertz CT molecular complexity index is 4750. The van der Waals surface area contributed by atoms with E-state index in [1.54, 1.807) is 70.8 Å². The van der Waals surface area contributed by atoms with Gasteiger partial charge in [-0.25, -0.2) is 26.3 Å². The van der Waals surface area contributed by atoms with Crippen LogP contribution in [0.3, 0.4) is 0 Å². The average Bonchev–Trinajstić information content (AvgIpc) is 0.680. The quantitative estimate of drug-likeness (QED) is 0.0191. The van der Waals surface area contributed by atoms with Gasteiger partial charge in [-0.15, -0.1) is 46.7 Å². The highest BCUT2D eigenvalue weighted by Gasteiger charge is 2.70. The molecule has 4 heterocycles. The van der Waals surface area contributed by atoms with Crippen molar-refractivity contribution in [2.75, 3.05) is 137 Å². The van der Waals surface area contributed by atoms with Gasteiger partial charge in [0.2, 0.25) is 0 Å². The van der Waals surface area contributed by atoms with Crippen molar-refractivity contribution in [1.29, 1.82) is 0 Å². The number of anilines is 4. The summed E-state index contributed by atoms with van der Waals surface area (Å²) in [5.41, 5.74) is 14.6. The number of alkyl halides is 2. The first-order chi connectivity index (χ1) is 55.9. The number of likely N-dealkylation sites (tertiary alicyclic amines) is 2. The number of piperidine rings is 2. The van der Waals surface area contributed by atoms with Crippen molar-refractivity contribution in [3.05, 3.63) is 190 Å². The molecule has 6 aromatic rings. The summed E-state index contributed by atoms with van der Waals surface area (Å²) in [4.78, 5) is 44.5. The number of halogens is 2. The maximum absolute atomic E-state index is 13.5. The Morgan fingerprint density at radius 1 is 0.470 bits per heavy atom. The minimum Gasteiger partial charge on any atom is -0.381 e. The lowest BCUT2D eigenvalue weighted by Crippen LogP contribution is -2.65. The molecule has 2 amide bonds. The first kappa shape index (κ1) is 85.9. The van der Waals surface area contributed by atoms with E-state index in [4.69, 9.17) is 23.2 Å². The van der Waals surface area contributed by atoms with Gasteiger partial charge in [0.25, 0.3) is 31.9 Å².